The monoisotopic (exact) mass is 385 g/mol. The van der Waals surface area contributed by atoms with Crippen molar-refractivity contribution in [3.8, 4) is 0 Å². The molecule has 28 heavy (non-hydrogen) atoms. The highest BCUT2D eigenvalue weighted by atomic mass is 16.6. The number of hydrogen-bond donors (Lipinski definition) is 1. The molecule has 0 radical (unpaired) electrons. The van der Waals surface area contributed by atoms with Gasteiger partial charge in [0.05, 0.1) is 21.3 Å². The number of ether oxygens (including phenoxy) is 3. The van der Waals surface area contributed by atoms with Crippen molar-refractivity contribution in [2.24, 2.45) is 0 Å². The number of esters is 3. The van der Waals surface area contributed by atoms with Crippen molar-refractivity contribution in [3.63, 3.8) is 0 Å². The van der Waals surface area contributed by atoms with Crippen molar-refractivity contribution in [2.75, 3.05) is 26.6 Å². The molecule has 0 saturated heterocycles. The minimum absolute atomic E-state index is 0.167. The molecule has 0 aromatic heterocycles. The highest BCUT2D eigenvalue weighted by molar-refractivity contribution is 6.29. The minimum atomic E-state index is -2.47. The second kappa shape index (κ2) is 6.63. The number of methoxy groups -OCH3 is 3. The summed E-state index contributed by atoms with van der Waals surface area (Å²) in [7, 11) is 3.19. The van der Waals surface area contributed by atoms with Gasteiger partial charge in [-0.1, -0.05) is 30.3 Å². The molecular formula is C20H19NO7. The SMILES string of the molecule is COC(=O)C1(C(=O)OC)Nc2ccc3ccccc3c2C1(C(C)=O)C(=O)OC. The van der Waals surface area contributed by atoms with Crippen LogP contribution in [0.15, 0.2) is 36.4 Å². The molecule has 1 aliphatic rings. The van der Waals surface area contributed by atoms with Crippen molar-refractivity contribution < 1.29 is 33.4 Å². The summed E-state index contributed by atoms with van der Waals surface area (Å²) in [5, 5.41) is 3.99. The zero-order chi connectivity index (χ0) is 20.7. The first-order valence-electron chi connectivity index (χ1n) is 8.39. The van der Waals surface area contributed by atoms with E-state index in [2.05, 4.69) is 5.32 Å². The van der Waals surface area contributed by atoms with Gasteiger partial charge in [-0.2, -0.15) is 0 Å². The van der Waals surface area contributed by atoms with Crippen LogP contribution in [0.2, 0.25) is 0 Å². The van der Waals surface area contributed by atoms with Gasteiger partial charge in [-0.05, 0) is 23.8 Å². The fourth-order valence-corrected chi connectivity index (χ4v) is 4.05. The van der Waals surface area contributed by atoms with Gasteiger partial charge in [-0.25, -0.2) is 9.59 Å². The van der Waals surface area contributed by atoms with Crippen LogP contribution in [-0.4, -0.2) is 50.6 Å². The average molecular weight is 385 g/mol. The van der Waals surface area contributed by atoms with Crippen LogP contribution in [0.5, 0.6) is 0 Å². The largest absolute Gasteiger partial charge is 0.468 e. The number of fused-ring (bicyclic) bond motifs is 3. The van der Waals surface area contributed by atoms with Crippen LogP contribution in [-0.2, 0) is 38.8 Å². The van der Waals surface area contributed by atoms with Gasteiger partial charge >= 0.3 is 17.9 Å². The Hall–Kier alpha value is -3.42. The molecule has 1 N–H and O–H groups in total. The maximum Gasteiger partial charge on any atom is 0.345 e. The third kappa shape index (κ3) is 2.11. The lowest BCUT2D eigenvalue weighted by molar-refractivity contribution is -0.173. The van der Waals surface area contributed by atoms with Crippen LogP contribution >= 0.6 is 0 Å². The lowest BCUT2D eigenvalue weighted by Gasteiger charge is -2.37. The molecule has 8 nitrogen and oxygen atoms in total. The van der Waals surface area contributed by atoms with Crippen LogP contribution in [0.4, 0.5) is 5.69 Å². The Morgan fingerprint density at radius 1 is 0.821 bits per heavy atom. The van der Waals surface area contributed by atoms with E-state index in [9.17, 15) is 19.2 Å². The smallest absolute Gasteiger partial charge is 0.345 e. The highest BCUT2D eigenvalue weighted by Crippen LogP contribution is 2.53. The minimum Gasteiger partial charge on any atom is -0.468 e. The molecule has 1 unspecified atom stereocenters. The number of carbonyl (C=O) groups excluding carboxylic acids is 4. The normalized spacial score (nSPS) is 19.3. The molecule has 1 heterocycles. The summed E-state index contributed by atoms with van der Waals surface area (Å²) in [4.78, 5) is 52.1. The molecule has 1 aliphatic heterocycles. The predicted molar refractivity (Wildman–Crippen MR) is 98.7 cm³/mol. The lowest BCUT2D eigenvalue weighted by atomic mass is 9.64. The topological polar surface area (TPSA) is 108 Å². The number of benzene rings is 2. The van der Waals surface area contributed by atoms with Gasteiger partial charge in [-0.3, -0.25) is 9.59 Å². The fourth-order valence-electron chi connectivity index (χ4n) is 4.05. The molecule has 146 valence electrons. The first-order valence-corrected chi connectivity index (χ1v) is 8.39. The Bertz CT molecular complexity index is 997. The summed E-state index contributed by atoms with van der Waals surface area (Å²) in [5.74, 6) is -4.11. The maximum absolute atomic E-state index is 13.1. The van der Waals surface area contributed by atoms with Crippen LogP contribution in [0.25, 0.3) is 10.8 Å². The van der Waals surface area contributed by atoms with Crippen molar-refractivity contribution in [2.45, 2.75) is 17.9 Å². The Morgan fingerprint density at radius 2 is 1.39 bits per heavy atom. The quantitative estimate of drug-likeness (QED) is 0.477. The molecule has 3 rings (SSSR count). The lowest BCUT2D eigenvalue weighted by Crippen LogP contribution is -2.70. The van der Waals surface area contributed by atoms with Crippen molar-refractivity contribution in [1.82, 2.24) is 0 Å². The van der Waals surface area contributed by atoms with Gasteiger partial charge < -0.3 is 19.5 Å². The van der Waals surface area contributed by atoms with E-state index in [4.69, 9.17) is 14.2 Å². The molecular weight excluding hydrogens is 366 g/mol. The number of rotatable bonds is 4. The van der Waals surface area contributed by atoms with Gasteiger partial charge in [0.15, 0.2) is 11.2 Å². The molecule has 0 aliphatic carbocycles. The van der Waals surface area contributed by atoms with E-state index < -0.39 is 34.6 Å². The van der Waals surface area contributed by atoms with Gasteiger partial charge in [0.25, 0.3) is 5.54 Å². The van der Waals surface area contributed by atoms with E-state index >= 15 is 0 Å². The molecule has 0 amide bonds. The summed E-state index contributed by atoms with van der Waals surface area (Å²) < 4.78 is 14.6. The molecule has 0 spiro atoms. The van der Waals surface area contributed by atoms with E-state index in [0.717, 1.165) is 28.3 Å². The van der Waals surface area contributed by atoms with Crippen LogP contribution < -0.4 is 5.32 Å². The van der Waals surface area contributed by atoms with Gasteiger partial charge in [-0.15, -0.1) is 0 Å². The Balaban J connectivity index is 2.58. The third-order valence-corrected chi connectivity index (χ3v) is 5.19. The van der Waals surface area contributed by atoms with Crippen molar-refractivity contribution in [3.05, 3.63) is 42.0 Å². The summed E-state index contributed by atoms with van der Waals surface area (Å²) in [6, 6.07) is 10.3. The Morgan fingerprint density at radius 3 is 1.93 bits per heavy atom. The second-order valence-electron chi connectivity index (χ2n) is 6.37. The Kier molecular flexibility index (Phi) is 4.58. The van der Waals surface area contributed by atoms with Gasteiger partial charge in [0.1, 0.15) is 0 Å². The fraction of sp³-hybridized carbons (Fsp3) is 0.300. The van der Waals surface area contributed by atoms with Crippen molar-refractivity contribution in [1.29, 1.82) is 0 Å². The third-order valence-electron chi connectivity index (χ3n) is 5.19. The number of nitrogens with one attached hydrogen (secondary N) is 1. The first kappa shape index (κ1) is 19.3. The molecule has 2 aromatic carbocycles. The van der Waals surface area contributed by atoms with Gasteiger partial charge in [0.2, 0.25) is 0 Å². The summed E-state index contributed by atoms with van der Waals surface area (Å²) in [5.41, 5.74) is -4.38. The number of hydrogen-bond acceptors (Lipinski definition) is 8. The Labute approximate surface area is 160 Å². The maximum atomic E-state index is 13.1. The highest BCUT2D eigenvalue weighted by Gasteiger charge is 2.76. The molecule has 8 heteroatoms. The summed E-state index contributed by atoms with van der Waals surface area (Å²) in [6.45, 7) is 1.12. The average Bonchev–Trinajstić information content (AvgIpc) is 3.05. The van der Waals surface area contributed by atoms with Crippen LogP contribution in [0, 0.1) is 0 Å². The first-order chi connectivity index (χ1) is 13.3. The zero-order valence-corrected chi connectivity index (χ0v) is 15.8. The van der Waals surface area contributed by atoms with Crippen molar-refractivity contribution >= 4 is 40.2 Å². The molecule has 2 aromatic rings. The van der Waals surface area contributed by atoms with Crippen LogP contribution in [0.1, 0.15) is 12.5 Å². The predicted octanol–water partition coefficient (Wildman–Crippen LogP) is 1.35. The van der Waals surface area contributed by atoms with E-state index in [0.29, 0.717) is 10.8 Å². The van der Waals surface area contributed by atoms with E-state index in [1.807, 2.05) is 0 Å². The zero-order valence-electron chi connectivity index (χ0n) is 15.8. The molecule has 1 atom stereocenters. The van der Waals surface area contributed by atoms with Gasteiger partial charge in [0, 0.05) is 11.3 Å². The number of ketones is 1. The molecule has 0 fully saturated rings. The second-order valence-corrected chi connectivity index (χ2v) is 6.37. The molecule has 0 saturated carbocycles. The van der Waals surface area contributed by atoms with E-state index in [1.165, 1.54) is 0 Å². The standard InChI is InChI=1S/C20H19NO7/c1-11(22)19(16(23)26-2)15-13-8-6-5-7-12(13)9-10-14(15)21-20(19,17(24)27-3)18(25)28-4/h5-10,21H,1-4H3. The van der Waals surface area contributed by atoms with E-state index in [-0.39, 0.29) is 11.3 Å². The van der Waals surface area contributed by atoms with E-state index in [1.54, 1.807) is 36.4 Å². The summed E-state index contributed by atoms with van der Waals surface area (Å²) >= 11 is 0. The van der Waals surface area contributed by atoms with Crippen LogP contribution in [0.3, 0.4) is 0 Å². The summed E-state index contributed by atoms with van der Waals surface area (Å²) in [6.07, 6.45) is 0. The number of Topliss-reactive ketones (excluding diaryl/α,β-unsaturated/α-hetero) is 1. The number of carbonyl (C=O) groups is 4. The molecule has 0 bridgehead atoms. The number of anilines is 1.